The van der Waals surface area contributed by atoms with Crippen LogP contribution in [0, 0.1) is 11.8 Å². The number of guanidine groups is 1. The molecule has 0 bridgehead atoms. The van der Waals surface area contributed by atoms with Gasteiger partial charge in [0.2, 0.25) is 0 Å². The summed E-state index contributed by atoms with van der Waals surface area (Å²) in [4.78, 5) is 9.64. The molecule has 1 N–H and O–H groups in total. The van der Waals surface area contributed by atoms with Crippen LogP contribution in [0.15, 0.2) is 4.99 Å². The number of fused-ring (bicyclic) bond motifs is 1. The number of likely N-dealkylation sites (tertiary alicyclic amines) is 2. The van der Waals surface area contributed by atoms with E-state index in [0.717, 1.165) is 37.5 Å². The molecule has 3 atom stereocenters. The molecule has 132 valence electrons. The van der Waals surface area contributed by atoms with E-state index in [1.165, 1.54) is 58.2 Å². The Labute approximate surface area is 141 Å². The Morgan fingerprint density at radius 3 is 2.52 bits per heavy atom. The van der Waals surface area contributed by atoms with E-state index in [1.807, 2.05) is 7.05 Å². The van der Waals surface area contributed by atoms with Crippen molar-refractivity contribution in [2.45, 2.75) is 44.6 Å². The third kappa shape index (κ3) is 4.18. The SMILES string of the molecule is CN=C(NCC1CCCN1CCOC)N1CC2CCCCC2C1. The molecule has 1 aliphatic carbocycles. The lowest BCUT2D eigenvalue weighted by molar-refractivity contribution is 0.141. The van der Waals surface area contributed by atoms with Crippen LogP contribution in [-0.4, -0.2) is 75.3 Å². The molecule has 2 saturated heterocycles. The topological polar surface area (TPSA) is 40.1 Å². The third-order valence-electron chi connectivity index (χ3n) is 6.07. The van der Waals surface area contributed by atoms with Crippen LogP contribution in [0.1, 0.15) is 38.5 Å². The summed E-state index contributed by atoms with van der Waals surface area (Å²) in [7, 11) is 3.72. The summed E-state index contributed by atoms with van der Waals surface area (Å²) in [6, 6.07) is 0.631. The highest BCUT2D eigenvalue weighted by molar-refractivity contribution is 5.80. The predicted molar refractivity (Wildman–Crippen MR) is 94.9 cm³/mol. The van der Waals surface area contributed by atoms with Crippen molar-refractivity contribution in [2.75, 3.05) is 53.5 Å². The molecule has 2 heterocycles. The first-order valence-corrected chi connectivity index (χ1v) is 9.50. The molecule has 5 heteroatoms. The molecular weight excluding hydrogens is 288 g/mol. The fourth-order valence-corrected chi connectivity index (χ4v) is 4.75. The van der Waals surface area contributed by atoms with Crippen molar-refractivity contribution < 1.29 is 4.74 Å². The third-order valence-corrected chi connectivity index (χ3v) is 6.07. The zero-order chi connectivity index (χ0) is 16.1. The highest BCUT2D eigenvalue weighted by atomic mass is 16.5. The second kappa shape index (κ2) is 8.34. The lowest BCUT2D eigenvalue weighted by Gasteiger charge is -2.27. The molecule has 3 aliphatic rings. The summed E-state index contributed by atoms with van der Waals surface area (Å²) in [6.07, 6.45) is 8.30. The second-order valence-corrected chi connectivity index (χ2v) is 7.46. The molecule has 0 amide bonds. The Morgan fingerprint density at radius 2 is 1.87 bits per heavy atom. The van der Waals surface area contributed by atoms with Crippen molar-refractivity contribution in [3.05, 3.63) is 0 Å². The normalized spacial score (nSPS) is 32.3. The summed E-state index contributed by atoms with van der Waals surface area (Å²) >= 11 is 0. The van der Waals surface area contributed by atoms with Crippen LogP contribution in [0.2, 0.25) is 0 Å². The van der Waals surface area contributed by atoms with E-state index in [-0.39, 0.29) is 0 Å². The number of ether oxygens (including phenoxy) is 1. The lowest BCUT2D eigenvalue weighted by Crippen LogP contribution is -2.46. The maximum Gasteiger partial charge on any atom is 0.193 e. The Morgan fingerprint density at radius 1 is 1.13 bits per heavy atom. The first kappa shape index (κ1) is 17.0. The van der Waals surface area contributed by atoms with Crippen molar-refractivity contribution in [3.8, 4) is 0 Å². The van der Waals surface area contributed by atoms with E-state index in [0.29, 0.717) is 6.04 Å². The lowest BCUT2D eigenvalue weighted by atomic mass is 9.82. The Kier molecular flexibility index (Phi) is 6.17. The van der Waals surface area contributed by atoms with Crippen LogP contribution >= 0.6 is 0 Å². The van der Waals surface area contributed by atoms with Crippen LogP contribution < -0.4 is 5.32 Å². The van der Waals surface area contributed by atoms with Gasteiger partial charge in [0.25, 0.3) is 0 Å². The van der Waals surface area contributed by atoms with E-state index < -0.39 is 0 Å². The number of nitrogens with one attached hydrogen (secondary N) is 1. The standard InChI is InChI=1S/C18H34N4O/c1-19-18(22-13-15-6-3-4-7-16(15)14-22)20-12-17-8-5-9-21(17)10-11-23-2/h15-17H,3-14H2,1-2H3,(H,19,20). The van der Waals surface area contributed by atoms with Gasteiger partial charge in [-0.3, -0.25) is 9.89 Å². The minimum Gasteiger partial charge on any atom is -0.383 e. The fourth-order valence-electron chi connectivity index (χ4n) is 4.75. The summed E-state index contributed by atoms with van der Waals surface area (Å²) in [5.41, 5.74) is 0. The molecule has 0 aromatic rings. The van der Waals surface area contributed by atoms with Crippen molar-refractivity contribution in [1.29, 1.82) is 0 Å². The van der Waals surface area contributed by atoms with Gasteiger partial charge in [0.15, 0.2) is 5.96 Å². The van der Waals surface area contributed by atoms with Crippen LogP contribution in [-0.2, 0) is 4.74 Å². The van der Waals surface area contributed by atoms with Crippen LogP contribution in [0.3, 0.4) is 0 Å². The minimum atomic E-state index is 0.631. The number of rotatable bonds is 5. The summed E-state index contributed by atoms with van der Waals surface area (Å²) in [5, 5.41) is 3.66. The number of nitrogens with zero attached hydrogens (tertiary/aromatic N) is 3. The van der Waals surface area contributed by atoms with Gasteiger partial charge in [-0.05, 0) is 44.1 Å². The predicted octanol–water partition coefficient (Wildman–Crippen LogP) is 1.79. The van der Waals surface area contributed by atoms with Crippen molar-refractivity contribution >= 4 is 5.96 Å². The first-order valence-electron chi connectivity index (χ1n) is 9.50. The van der Waals surface area contributed by atoms with Crippen LogP contribution in [0.5, 0.6) is 0 Å². The van der Waals surface area contributed by atoms with Gasteiger partial charge >= 0.3 is 0 Å². The van der Waals surface area contributed by atoms with E-state index in [1.54, 1.807) is 7.11 Å². The number of hydrogen-bond donors (Lipinski definition) is 1. The molecular formula is C18H34N4O. The quantitative estimate of drug-likeness (QED) is 0.619. The average molecular weight is 322 g/mol. The molecule has 0 radical (unpaired) electrons. The summed E-state index contributed by atoms with van der Waals surface area (Å²) in [6.45, 7) is 6.53. The molecule has 2 aliphatic heterocycles. The van der Waals surface area contributed by atoms with Gasteiger partial charge in [0, 0.05) is 46.4 Å². The minimum absolute atomic E-state index is 0.631. The van der Waals surface area contributed by atoms with E-state index in [2.05, 4.69) is 20.1 Å². The van der Waals surface area contributed by atoms with Gasteiger partial charge in [-0.2, -0.15) is 0 Å². The van der Waals surface area contributed by atoms with Gasteiger partial charge in [0.1, 0.15) is 0 Å². The maximum atomic E-state index is 5.24. The maximum absolute atomic E-state index is 5.24. The van der Waals surface area contributed by atoms with Crippen molar-refractivity contribution in [1.82, 2.24) is 15.1 Å². The molecule has 0 aromatic carbocycles. The van der Waals surface area contributed by atoms with Gasteiger partial charge in [0.05, 0.1) is 6.61 Å². The molecule has 3 rings (SSSR count). The second-order valence-electron chi connectivity index (χ2n) is 7.46. The molecule has 3 unspecified atom stereocenters. The first-order chi connectivity index (χ1) is 11.3. The number of aliphatic imine (C=N–C) groups is 1. The zero-order valence-corrected chi connectivity index (χ0v) is 15.0. The van der Waals surface area contributed by atoms with Crippen molar-refractivity contribution in [2.24, 2.45) is 16.8 Å². The highest BCUT2D eigenvalue weighted by Gasteiger charge is 2.35. The monoisotopic (exact) mass is 322 g/mol. The van der Waals surface area contributed by atoms with Gasteiger partial charge in [-0.25, -0.2) is 0 Å². The molecule has 0 spiro atoms. The molecule has 5 nitrogen and oxygen atoms in total. The summed E-state index contributed by atoms with van der Waals surface area (Å²) < 4.78 is 5.24. The smallest absolute Gasteiger partial charge is 0.193 e. The van der Waals surface area contributed by atoms with E-state index in [9.17, 15) is 0 Å². The number of hydrogen-bond acceptors (Lipinski definition) is 3. The Hall–Kier alpha value is -0.810. The molecule has 3 fully saturated rings. The molecule has 23 heavy (non-hydrogen) atoms. The average Bonchev–Trinajstić information content (AvgIpc) is 3.19. The van der Waals surface area contributed by atoms with Gasteiger partial charge in [-0.1, -0.05) is 12.8 Å². The van der Waals surface area contributed by atoms with Crippen molar-refractivity contribution in [3.63, 3.8) is 0 Å². The fraction of sp³-hybridized carbons (Fsp3) is 0.944. The Bertz CT molecular complexity index is 386. The van der Waals surface area contributed by atoms with Gasteiger partial charge < -0.3 is 15.0 Å². The largest absolute Gasteiger partial charge is 0.383 e. The van der Waals surface area contributed by atoms with Crippen LogP contribution in [0.25, 0.3) is 0 Å². The van der Waals surface area contributed by atoms with E-state index in [4.69, 9.17) is 4.74 Å². The number of methoxy groups -OCH3 is 1. The molecule has 1 saturated carbocycles. The summed E-state index contributed by atoms with van der Waals surface area (Å²) in [5.74, 6) is 2.94. The molecule has 0 aromatic heterocycles. The van der Waals surface area contributed by atoms with E-state index >= 15 is 0 Å². The van der Waals surface area contributed by atoms with Gasteiger partial charge in [-0.15, -0.1) is 0 Å². The van der Waals surface area contributed by atoms with Crippen LogP contribution in [0.4, 0.5) is 0 Å². The zero-order valence-electron chi connectivity index (χ0n) is 15.0. The Balaban J connectivity index is 1.48. The highest BCUT2D eigenvalue weighted by Crippen LogP contribution is 2.35.